The topological polar surface area (TPSA) is 73.8 Å². The fourth-order valence-corrected chi connectivity index (χ4v) is 2.79. The summed E-state index contributed by atoms with van der Waals surface area (Å²) in [6.45, 7) is 6.07. The van der Waals surface area contributed by atoms with Gasteiger partial charge in [0.2, 0.25) is 11.3 Å². The normalized spacial score (nSPS) is 10.9. The van der Waals surface area contributed by atoms with E-state index in [1.165, 1.54) is 11.6 Å². The highest BCUT2D eigenvalue weighted by atomic mass is 16.5. The minimum Gasteiger partial charge on any atom is -0.332 e. The van der Waals surface area contributed by atoms with E-state index in [0.29, 0.717) is 5.82 Å². The number of nitrogens with zero attached hydrogens (tertiary/aromatic N) is 4. The average molecular weight is 358 g/mol. The Morgan fingerprint density at radius 2 is 1.81 bits per heavy atom. The molecule has 0 spiro atoms. The van der Waals surface area contributed by atoms with Gasteiger partial charge in [-0.05, 0) is 55.7 Å². The molecule has 0 fully saturated rings. The van der Waals surface area contributed by atoms with Crippen LogP contribution >= 0.6 is 0 Å². The van der Waals surface area contributed by atoms with Crippen LogP contribution in [0.25, 0.3) is 28.7 Å². The summed E-state index contributed by atoms with van der Waals surface area (Å²) in [5.41, 5.74) is 4.97. The third-order valence-electron chi connectivity index (χ3n) is 4.47. The second-order valence-corrected chi connectivity index (χ2v) is 6.53. The Balaban J connectivity index is 1.76. The zero-order valence-electron chi connectivity index (χ0n) is 15.3. The fraction of sp³-hybridized carbons (Fsp3) is 0.143. The molecule has 134 valence electrons. The molecule has 0 saturated carbocycles. The van der Waals surface area contributed by atoms with Gasteiger partial charge in [-0.15, -0.1) is 0 Å². The second kappa shape index (κ2) is 6.64. The van der Waals surface area contributed by atoms with E-state index in [4.69, 9.17) is 4.52 Å². The van der Waals surface area contributed by atoms with Crippen molar-refractivity contribution in [1.82, 2.24) is 19.9 Å². The lowest BCUT2D eigenvalue weighted by Gasteiger charge is -2.06. The number of benzene rings is 2. The summed E-state index contributed by atoms with van der Waals surface area (Å²) in [6, 6.07) is 15.2. The lowest BCUT2D eigenvalue weighted by Crippen LogP contribution is -2.12. The first kappa shape index (κ1) is 16.9. The van der Waals surface area contributed by atoms with Crippen LogP contribution in [0.4, 0.5) is 0 Å². The maximum absolute atomic E-state index is 12.3. The lowest BCUT2D eigenvalue weighted by molar-refractivity contribution is 0.429. The Morgan fingerprint density at radius 3 is 2.59 bits per heavy atom. The summed E-state index contributed by atoms with van der Waals surface area (Å²) in [5.74, 6) is 0.537. The summed E-state index contributed by atoms with van der Waals surface area (Å²) >= 11 is 0. The summed E-state index contributed by atoms with van der Waals surface area (Å²) in [6.07, 6.45) is 1.63. The van der Waals surface area contributed by atoms with Crippen molar-refractivity contribution in [3.05, 3.63) is 81.6 Å². The number of hydrogen-bond donors (Lipinski definition) is 0. The molecule has 6 heteroatoms. The van der Waals surface area contributed by atoms with Gasteiger partial charge in [-0.25, -0.2) is 4.68 Å². The maximum Gasteiger partial charge on any atom is 0.282 e. The van der Waals surface area contributed by atoms with Gasteiger partial charge in [-0.3, -0.25) is 4.79 Å². The van der Waals surface area contributed by atoms with Gasteiger partial charge in [0.15, 0.2) is 5.69 Å². The molecular weight excluding hydrogens is 340 g/mol. The van der Waals surface area contributed by atoms with Crippen LogP contribution in [0.15, 0.2) is 64.0 Å². The average Bonchev–Trinajstić information content (AvgIpc) is 3.14. The van der Waals surface area contributed by atoms with E-state index in [1.54, 1.807) is 10.9 Å². The summed E-state index contributed by atoms with van der Waals surface area (Å²) in [4.78, 5) is 16.7. The van der Waals surface area contributed by atoms with Crippen LogP contribution in [0.3, 0.4) is 0 Å². The van der Waals surface area contributed by atoms with Crippen LogP contribution in [0.2, 0.25) is 0 Å². The molecule has 4 rings (SSSR count). The van der Waals surface area contributed by atoms with Crippen molar-refractivity contribution < 1.29 is 4.52 Å². The van der Waals surface area contributed by atoms with Crippen LogP contribution in [-0.2, 0) is 0 Å². The van der Waals surface area contributed by atoms with E-state index < -0.39 is 0 Å². The van der Waals surface area contributed by atoms with Gasteiger partial charge in [0.25, 0.3) is 5.89 Å². The molecule has 0 N–H and O–H groups in total. The SMILES string of the molecule is Cc1cccc(-n2ccc(=O)c(-c3nc(-c4ccc(C)c(C)c4)no3)n2)c1. The van der Waals surface area contributed by atoms with Gasteiger partial charge in [-0.2, -0.15) is 10.1 Å². The first-order valence-corrected chi connectivity index (χ1v) is 8.60. The van der Waals surface area contributed by atoms with Crippen molar-refractivity contribution in [2.75, 3.05) is 0 Å². The highest BCUT2D eigenvalue weighted by Crippen LogP contribution is 2.22. The number of rotatable bonds is 3. The van der Waals surface area contributed by atoms with Crippen LogP contribution in [0.5, 0.6) is 0 Å². The molecule has 0 atom stereocenters. The molecule has 0 unspecified atom stereocenters. The number of aryl methyl sites for hydroxylation is 3. The van der Waals surface area contributed by atoms with Gasteiger partial charge in [0, 0.05) is 17.8 Å². The Labute approximate surface area is 156 Å². The summed E-state index contributed by atoms with van der Waals surface area (Å²) in [7, 11) is 0. The van der Waals surface area contributed by atoms with Crippen molar-refractivity contribution in [3.8, 4) is 28.7 Å². The van der Waals surface area contributed by atoms with Gasteiger partial charge in [0.05, 0.1) is 5.69 Å². The van der Waals surface area contributed by atoms with Crippen molar-refractivity contribution in [1.29, 1.82) is 0 Å². The van der Waals surface area contributed by atoms with Crippen molar-refractivity contribution in [2.45, 2.75) is 20.8 Å². The van der Waals surface area contributed by atoms with E-state index in [0.717, 1.165) is 22.4 Å². The first-order chi connectivity index (χ1) is 13.0. The number of hydrogen-bond acceptors (Lipinski definition) is 5. The molecular formula is C21H18N4O2. The fourth-order valence-electron chi connectivity index (χ4n) is 2.79. The third-order valence-corrected chi connectivity index (χ3v) is 4.47. The Morgan fingerprint density at radius 1 is 0.963 bits per heavy atom. The van der Waals surface area contributed by atoms with Crippen molar-refractivity contribution in [2.24, 2.45) is 0 Å². The van der Waals surface area contributed by atoms with Crippen LogP contribution in [-0.4, -0.2) is 19.9 Å². The van der Waals surface area contributed by atoms with Crippen LogP contribution < -0.4 is 5.43 Å². The van der Waals surface area contributed by atoms with Gasteiger partial charge < -0.3 is 4.52 Å². The Bertz CT molecular complexity index is 1190. The lowest BCUT2D eigenvalue weighted by atomic mass is 10.1. The minimum absolute atomic E-state index is 0.107. The number of aromatic nitrogens is 4. The molecule has 0 bridgehead atoms. The molecule has 0 amide bonds. The highest BCUT2D eigenvalue weighted by molar-refractivity contribution is 5.59. The molecule has 27 heavy (non-hydrogen) atoms. The highest BCUT2D eigenvalue weighted by Gasteiger charge is 2.16. The molecule has 0 aliphatic rings. The Kier molecular flexibility index (Phi) is 4.16. The summed E-state index contributed by atoms with van der Waals surface area (Å²) in [5, 5.41) is 8.42. The molecule has 0 saturated heterocycles. The molecule has 0 aliphatic heterocycles. The predicted octanol–water partition coefficient (Wildman–Crippen LogP) is 3.87. The van der Waals surface area contributed by atoms with Gasteiger partial charge in [-0.1, -0.05) is 29.4 Å². The molecule has 2 aromatic heterocycles. The zero-order chi connectivity index (χ0) is 19.0. The van der Waals surface area contributed by atoms with Crippen molar-refractivity contribution >= 4 is 0 Å². The second-order valence-electron chi connectivity index (χ2n) is 6.53. The first-order valence-electron chi connectivity index (χ1n) is 8.60. The van der Waals surface area contributed by atoms with Crippen LogP contribution in [0.1, 0.15) is 16.7 Å². The predicted molar refractivity (Wildman–Crippen MR) is 103 cm³/mol. The molecule has 2 heterocycles. The van der Waals surface area contributed by atoms with E-state index in [2.05, 4.69) is 15.2 Å². The molecule has 2 aromatic carbocycles. The Hall–Kier alpha value is -3.54. The van der Waals surface area contributed by atoms with Crippen LogP contribution in [0, 0.1) is 20.8 Å². The van der Waals surface area contributed by atoms with Gasteiger partial charge >= 0.3 is 0 Å². The van der Waals surface area contributed by atoms with E-state index in [1.807, 2.05) is 63.2 Å². The van der Waals surface area contributed by atoms with E-state index in [9.17, 15) is 4.79 Å². The zero-order valence-corrected chi connectivity index (χ0v) is 15.3. The minimum atomic E-state index is -0.269. The largest absolute Gasteiger partial charge is 0.332 e. The molecule has 0 radical (unpaired) electrons. The quantitative estimate of drug-likeness (QED) is 0.556. The smallest absolute Gasteiger partial charge is 0.282 e. The molecule has 4 aromatic rings. The standard InChI is InChI=1S/C21H18N4O2/c1-13-5-4-6-17(11-13)25-10-9-18(26)19(23-25)21-22-20(24-27-21)16-8-7-14(2)15(3)12-16/h4-12H,1-3H3. The monoisotopic (exact) mass is 358 g/mol. The maximum atomic E-state index is 12.3. The third kappa shape index (κ3) is 3.29. The summed E-state index contributed by atoms with van der Waals surface area (Å²) < 4.78 is 6.96. The van der Waals surface area contributed by atoms with Gasteiger partial charge in [0.1, 0.15) is 0 Å². The van der Waals surface area contributed by atoms with E-state index in [-0.39, 0.29) is 17.0 Å². The molecule has 0 aliphatic carbocycles. The molecule has 6 nitrogen and oxygen atoms in total. The van der Waals surface area contributed by atoms with Crippen molar-refractivity contribution in [3.63, 3.8) is 0 Å². The van der Waals surface area contributed by atoms with E-state index >= 15 is 0 Å².